The smallest absolute Gasteiger partial charge is 0.254 e. The lowest BCUT2D eigenvalue weighted by molar-refractivity contribution is -0.123. The zero-order chi connectivity index (χ0) is 19.8. The van der Waals surface area contributed by atoms with E-state index in [1.807, 2.05) is 30.3 Å². The number of aliphatic imine (C=N–C) groups is 1. The number of hydrogen-bond donors (Lipinski definition) is 3. The lowest BCUT2D eigenvalue weighted by Gasteiger charge is -2.26. The molecule has 0 spiro atoms. The van der Waals surface area contributed by atoms with Crippen molar-refractivity contribution < 1.29 is 9.59 Å². The van der Waals surface area contributed by atoms with Crippen LogP contribution in [-0.4, -0.2) is 49.4 Å². The fourth-order valence-electron chi connectivity index (χ4n) is 2.95. The molecule has 2 aromatic rings. The van der Waals surface area contributed by atoms with Gasteiger partial charge in [-0.1, -0.05) is 42.5 Å². The van der Waals surface area contributed by atoms with E-state index >= 15 is 0 Å². The van der Waals surface area contributed by atoms with Gasteiger partial charge in [0.05, 0.1) is 6.54 Å². The third-order valence-electron chi connectivity index (χ3n) is 4.51. The number of guanidine groups is 1. The molecule has 0 atom stereocenters. The molecular formula is C21H25N5O2. The van der Waals surface area contributed by atoms with Crippen LogP contribution in [0.3, 0.4) is 0 Å². The Kier molecular flexibility index (Phi) is 6.62. The molecule has 0 bridgehead atoms. The normalized spacial score (nSPS) is 14.4. The summed E-state index contributed by atoms with van der Waals surface area (Å²) in [6.45, 7) is 2.44. The highest BCUT2D eigenvalue weighted by Gasteiger charge is 2.22. The first kappa shape index (κ1) is 19.4. The molecule has 1 fully saturated rings. The van der Waals surface area contributed by atoms with Crippen LogP contribution in [0, 0.1) is 0 Å². The first-order valence-electron chi connectivity index (χ1n) is 9.29. The van der Waals surface area contributed by atoms with Crippen molar-refractivity contribution in [3.05, 3.63) is 71.3 Å². The predicted octanol–water partition coefficient (Wildman–Crippen LogP) is 1.12. The zero-order valence-corrected chi connectivity index (χ0v) is 15.9. The summed E-state index contributed by atoms with van der Waals surface area (Å²) < 4.78 is 0. The van der Waals surface area contributed by atoms with Crippen molar-refractivity contribution in [2.75, 3.05) is 26.7 Å². The molecule has 0 aromatic heterocycles. The molecule has 1 saturated heterocycles. The van der Waals surface area contributed by atoms with E-state index in [4.69, 9.17) is 0 Å². The number of carbonyl (C=O) groups excluding carboxylic acids is 2. The average Bonchev–Trinajstić information content (AvgIpc) is 2.74. The minimum absolute atomic E-state index is 0.116. The monoisotopic (exact) mass is 379 g/mol. The number of carbonyl (C=O) groups is 2. The molecule has 28 heavy (non-hydrogen) atoms. The van der Waals surface area contributed by atoms with E-state index in [2.05, 4.69) is 33.1 Å². The molecule has 7 nitrogen and oxygen atoms in total. The molecule has 0 aliphatic carbocycles. The first-order valence-corrected chi connectivity index (χ1v) is 9.29. The molecule has 7 heteroatoms. The van der Waals surface area contributed by atoms with Gasteiger partial charge in [0.2, 0.25) is 5.91 Å². The number of rotatable bonds is 5. The van der Waals surface area contributed by atoms with E-state index in [1.54, 1.807) is 24.1 Å². The van der Waals surface area contributed by atoms with Crippen molar-refractivity contribution in [2.45, 2.75) is 13.1 Å². The molecule has 1 aliphatic rings. The highest BCUT2D eigenvalue weighted by Crippen LogP contribution is 2.09. The van der Waals surface area contributed by atoms with Crippen LogP contribution in [0.1, 0.15) is 21.5 Å². The maximum Gasteiger partial charge on any atom is 0.254 e. The van der Waals surface area contributed by atoms with Crippen molar-refractivity contribution in [1.29, 1.82) is 0 Å². The molecule has 3 rings (SSSR count). The molecular weight excluding hydrogens is 354 g/mol. The molecule has 3 N–H and O–H groups in total. The molecule has 0 saturated carbocycles. The Morgan fingerprint density at radius 2 is 1.68 bits per heavy atom. The van der Waals surface area contributed by atoms with Crippen LogP contribution < -0.4 is 16.0 Å². The molecule has 0 radical (unpaired) electrons. The fraction of sp³-hybridized carbons (Fsp3) is 0.286. The molecule has 1 aliphatic heterocycles. The minimum atomic E-state index is -0.116. The zero-order valence-electron chi connectivity index (χ0n) is 15.9. The third-order valence-corrected chi connectivity index (χ3v) is 4.51. The van der Waals surface area contributed by atoms with Gasteiger partial charge in [0, 0.05) is 38.8 Å². The molecule has 146 valence electrons. The van der Waals surface area contributed by atoms with Gasteiger partial charge >= 0.3 is 0 Å². The van der Waals surface area contributed by atoms with Gasteiger partial charge in [-0.05, 0) is 23.3 Å². The summed E-state index contributed by atoms with van der Waals surface area (Å²) >= 11 is 0. The fourth-order valence-corrected chi connectivity index (χ4v) is 2.95. The highest BCUT2D eigenvalue weighted by atomic mass is 16.2. The number of benzene rings is 2. The van der Waals surface area contributed by atoms with Crippen LogP contribution in [0.25, 0.3) is 0 Å². The first-order chi connectivity index (χ1) is 13.7. The lowest BCUT2D eigenvalue weighted by atomic mass is 10.1. The Bertz CT molecular complexity index is 834. The Labute approximate surface area is 164 Å². The van der Waals surface area contributed by atoms with Gasteiger partial charge in [-0.25, -0.2) is 0 Å². The van der Waals surface area contributed by atoms with Gasteiger partial charge in [-0.15, -0.1) is 0 Å². The lowest BCUT2D eigenvalue weighted by Crippen LogP contribution is -2.49. The summed E-state index contributed by atoms with van der Waals surface area (Å²) in [6, 6.07) is 17.5. The SMILES string of the molecule is CN=C(NCc1ccccc1)NCc1ccc(C(=O)N2CCNC(=O)C2)cc1. The Balaban J connectivity index is 1.50. The Morgan fingerprint density at radius 1 is 1.04 bits per heavy atom. The summed E-state index contributed by atoms with van der Waals surface area (Å²) in [6.07, 6.45) is 0. The van der Waals surface area contributed by atoms with Crippen LogP contribution in [0.15, 0.2) is 59.6 Å². The van der Waals surface area contributed by atoms with Gasteiger partial charge < -0.3 is 20.9 Å². The Morgan fingerprint density at radius 3 is 2.29 bits per heavy atom. The maximum absolute atomic E-state index is 12.5. The van der Waals surface area contributed by atoms with Gasteiger partial charge in [0.15, 0.2) is 5.96 Å². The second-order valence-corrected chi connectivity index (χ2v) is 6.54. The summed E-state index contributed by atoms with van der Waals surface area (Å²) in [5.41, 5.74) is 2.81. The number of nitrogens with zero attached hydrogens (tertiary/aromatic N) is 2. The van der Waals surface area contributed by atoms with Gasteiger partial charge in [-0.2, -0.15) is 0 Å². The number of amides is 2. The van der Waals surface area contributed by atoms with Gasteiger partial charge in [0.25, 0.3) is 5.91 Å². The predicted molar refractivity (Wildman–Crippen MR) is 109 cm³/mol. The van der Waals surface area contributed by atoms with Crippen molar-refractivity contribution in [3.8, 4) is 0 Å². The molecule has 1 heterocycles. The van der Waals surface area contributed by atoms with Crippen molar-refractivity contribution >= 4 is 17.8 Å². The van der Waals surface area contributed by atoms with Crippen LogP contribution in [0.2, 0.25) is 0 Å². The van der Waals surface area contributed by atoms with E-state index in [9.17, 15) is 9.59 Å². The standard InChI is InChI=1S/C21H25N5O2/c1-22-21(24-13-16-5-3-2-4-6-16)25-14-17-7-9-18(10-8-17)20(28)26-12-11-23-19(27)15-26/h2-10H,11-15H2,1H3,(H,23,27)(H2,22,24,25). The van der Waals surface area contributed by atoms with Crippen molar-refractivity contribution in [2.24, 2.45) is 4.99 Å². The van der Waals surface area contributed by atoms with Crippen LogP contribution in [0.4, 0.5) is 0 Å². The number of hydrogen-bond acceptors (Lipinski definition) is 3. The summed E-state index contributed by atoms with van der Waals surface area (Å²) in [5.74, 6) is 0.479. The second-order valence-electron chi connectivity index (χ2n) is 6.54. The van der Waals surface area contributed by atoms with E-state index in [1.165, 1.54) is 5.56 Å². The summed E-state index contributed by atoms with van der Waals surface area (Å²) in [7, 11) is 1.73. The van der Waals surface area contributed by atoms with E-state index in [0.29, 0.717) is 37.7 Å². The highest BCUT2D eigenvalue weighted by molar-refractivity contribution is 5.97. The third kappa shape index (κ3) is 5.33. The molecule has 2 aromatic carbocycles. The van der Waals surface area contributed by atoms with Gasteiger partial charge in [0.1, 0.15) is 0 Å². The van der Waals surface area contributed by atoms with Gasteiger partial charge in [-0.3, -0.25) is 14.6 Å². The van der Waals surface area contributed by atoms with Crippen LogP contribution >= 0.6 is 0 Å². The van der Waals surface area contributed by atoms with Crippen LogP contribution in [0.5, 0.6) is 0 Å². The molecule has 0 unspecified atom stereocenters. The van der Waals surface area contributed by atoms with E-state index < -0.39 is 0 Å². The minimum Gasteiger partial charge on any atom is -0.353 e. The number of nitrogens with one attached hydrogen (secondary N) is 3. The molecule has 2 amide bonds. The number of piperazine rings is 1. The van der Waals surface area contributed by atoms with Crippen LogP contribution in [-0.2, 0) is 17.9 Å². The summed E-state index contributed by atoms with van der Waals surface area (Å²) in [4.78, 5) is 29.7. The van der Waals surface area contributed by atoms with E-state index in [-0.39, 0.29) is 18.4 Å². The largest absolute Gasteiger partial charge is 0.353 e. The van der Waals surface area contributed by atoms with Crippen molar-refractivity contribution in [1.82, 2.24) is 20.9 Å². The second kappa shape index (κ2) is 9.55. The topological polar surface area (TPSA) is 85.8 Å². The van der Waals surface area contributed by atoms with Crippen molar-refractivity contribution in [3.63, 3.8) is 0 Å². The maximum atomic E-state index is 12.5. The quantitative estimate of drug-likeness (QED) is 0.537. The van der Waals surface area contributed by atoms with E-state index in [0.717, 1.165) is 5.56 Å². The summed E-state index contributed by atoms with van der Waals surface area (Å²) in [5, 5.41) is 9.26. The average molecular weight is 379 g/mol. The Hall–Kier alpha value is -3.35.